The largest absolute Gasteiger partial charge is 0.316 e. The Kier molecular flexibility index (Phi) is 3.33. The molecular formula is C10H12N2O5S. The molecule has 0 amide bonds. The van der Waals surface area contributed by atoms with Gasteiger partial charge in [0.1, 0.15) is 0 Å². The van der Waals surface area contributed by atoms with E-state index in [2.05, 4.69) is 5.32 Å². The van der Waals surface area contributed by atoms with Crippen LogP contribution in [-0.2, 0) is 10.1 Å². The third-order valence-electron chi connectivity index (χ3n) is 2.98. The second kappa shape index (κ2) is 4.63. The van der Waals surface area contributed by atoms with Gasteiger partial charge in [0, 0.05) is 18.7 Å². The highest BCUT2D eigenvalue weighted by Gasteiger charge is 2.26. The summed E-state index contributed by atoms with van der Waals surface area (Å²) in [4.78, 5) is 9.87. The smallest absolute Gasteiger partial charge is 0.294 e. The summed E-state index contributed by atoms with van der Waals surface area (Å²) >= 11 is 0. The number of nitro groups is 1. The van der Waals surface area contributed by atoms with E-state index in [-0.39, 0.29) is 16.5 Å². The van der Waals surface area contributed by atoms with Gasteiger partial charge >= 0.3 is 0 Å². The topological polar surface area (TPSA) is 110 Å². The van der Waals surface area contributed by atoms with Crippen LogP contribution in [0.5, 0.6) is 0 Å². The fourth-order valence-electron chi connectivity index (χ4n) is 2.12. The molecule has 0 aromatic heterocycles. The Labute approximate surface area is 104 Å². The lowest BCUT2D eigenvalue weighted by molar-refractivity contribution is -0.385. The molecule has 1 aliphatic rings. The number of benzene rings is 1. The van der Waals surface area contributed by atoms with Gasteiger partial charge in [0.2, 0.25) is 0 Å². The molecule has 0 bridgehead atoms. The zero-order valence-electron chi connectivity index (χ0n) is 9.37. The SMILES string of the molecule is O=[N+]([O-])c1ccc(S(=O)(=O)O)c(C2CCNC2)c1. The molecule has 7 nitrogen and oxygen atoms in total. The third-order valence-corrected chi connectivity index (χ3v) is 3.91. The monoisotopic (exact) mass is 272 g/mol. The van der Waals surface area contributed by atoms with E-state index in [0.29, 0.717) is 18.5 Å². The van der Waals surface area contributed by atoms with E-state index in [1.165, 1.54) is 6.07 Å². The van der Waals surface area contributed by atoms with Gasteiger partial charge in [-0.15, -0.1) is 0 Å². The molecule has 2 N–H and O–H groups in total. The number of non-ortho nitro benzene ring substituents is 1. The highest BCUT2D eigenvalue weighted by Crippen LogP contribution is 2.31. The zero-order chi connectivity index (χ0) is 13.3. The van der Waals surface area contributed by atoms with Crippen molar-refractivity contribution in [3.05, 3.63) is 33.9 Å². The molecule has 1 aromatic carbocycles. The summed E-state index contributed by atoms with van der Waals surface area (Å²) in [5.74, 6) is -0.137. The number of hydrogen-bond acceptors (Lipinski definition) is 5. The fraction of sp³-hybridized carbons (Fsp3) is 0.400. The highest BCUT2D eigenvalue weighted by molar-refractivity contribution is 7.85. The molecule has 98 valence electrons. The highest BCUT2D eigenvalue weighted by atomic mass is 32.2. The molecule has 1 saturated heterocycles. The number of rotatable bonds is 3. The predicted molar refractivity (Wildman–Crippen MR) is 63.1 cm³/mol. The first kappa shape index (κ1) is 12.9. The van der Waals surface area contributed by atoms with E-state index in [9.17, 15) is 18.5 Å². The summed E-state index contributed by atoms with van der Waals surface area (Å²) in [6.07, 6.45) is 0.684. The second-order valence-electron chi connectivity index (χ2n) is 4.14. The summed E-state index contributed by atoms with van der Waals surface area (Å²) in [6, 6.07) is 3.39. The Morgan fingerprint density at radius 3 is 2.67 bits per heavy atom. The molecule has 1 unspecified atom stereocenters. The van der Waals surface area contributed by atoms with Crippen molar-refractivity contribution in [3.8, 4) is 0 Å². The quantitative estimate of drug-likeness (QED) is 0.481. The number of nitrogens with one attached hydrogen (secondary N) is 1. The molecule has 1 heterocycles. The molecule has 0 radical (unpaired) electrons. The molecule has 0 spiro atoms. The summed E-state index contributed by atoms with van der Waals surface area (Å²) in [5, 5.41) is 13.8. The minimum Gasteiger partial charge on any atom is -0.316 e. The first-order chi connectivity index (χ1) is 8.39. The molecule has 1 atom stereocenters. The first-order valence-corrected chi connectivity index (χ1v) is 6.80. The molecule has 8 heteroatoms. The average Bonchev–Trinajstić information content (AvgIpc) is 2.80. The van der Waals surface area contributed by atoms with Crippen molar-refractivity contribution in [2.75, 3.05) is 13.1 Å². The van der Waals surface area contributed by atoms with Gasteiger partial charge < -0.3 is 5.32 Å². The molecule has 0 aliphatic carbocycles. The minimum absolute atomic E-state index is 0.137. The lowest BCUT2D eigenvalue weighted by Crippen LogP contribution is -2.11. The fourth-order valence-corrected chi connectivity index (χ4v) is 2.89. The van der Waals surface area contributed by atoms with E-state index in [0.717, 1.165) is 18.7 Å². The van der Waals surface area contributed by atoms with Crippen LogP contribution in [0.3, 0.4) is 0 Å². The maximum Gasteiger partial charge on any atom is 0.294 e. The van der Waals surface area contributed by atoms with Crippen molar-refractivity contribution in [2.45, 2.75) is 17.2 Å². The summed E-state index contributed by atoms with van der Waals surface area (Å²) in [5.41, 5.74) is 0.126. The van der Waals surface area contributed by atoms with E-state index in [1.807, 2.05) is 0 Å². The van der Waals surface area contributed by atoms with Crippen LogP contribution >= 0.6 is 0 Å². The third kappa shape index (κ3) is 2.50. The maximum absolute atomic E-state index is 11.3. The molecule has 1 aliphatic heterocycles. The van der Waals surface area contributed by atoms with Gasteiger partial charge in [0.25, 0.3) is 15.8 Å². The lowest BCUT2D eigenvalue weighted by atomic mass is 9.98. The second-order valence-corrected chi connectivity index (χ2v) is 5.53. The number of nitrogens with zero attached hydrogens (tertiary/aromatic N) is 1. The van der Waals surface area contributed by atoms with E-state index in [1.54, 1.807) is 0 Å². The van der Waals surface area contributed by atoms with Crippen molar-refractivity contribution >= 4 is 15.8 Å². The Morgan fingerprint density at radius 2 is 2.17 bits per heavy atom. The number of nitro benzene ring substituents is 1. The maximum atomic E-state index is 11.3. The first-order valence-electron chi connectivity index (χ1n) is 5.36. The van der Waals surface area contributed by atoms with Crippen molar-refractivity contribution in [2.24, 2.45) is 0 Å². The lowest BCUT2D eigenvalue weighted by Gasteiger charge is -2.12. The molecule has 1 aromatic rings. The van der Waals surface area contributed by atoms with Crippen LogP contribution < -0.4 is 5.32 Å². The van der Waals surface area contributed by atoms with Gasteiger partial charge in [-0.2, -0.15) is 8.42 Å². The Morgan fingerprint density at radius 1 is 1.44 bits per heavy atom. The Hall–Kier alpha value is -1.51. The minimum atomic E-state index is -4.36. The van der Waals surface area contributed by atoms with Gasteiger partial charge in [-0.25, -0.2) is 0 Å². The molecule has 2 rings (SSSR count). The van der Waals surface area contributed by atoms with Crippen LogP contribution in [0.1, 0.15) is 17.9 Å². The summed E-state index contributed by atoms with van der Waals surface area (Å²) < 4.78 is 31.7. The van der Waals surface area contributed by atoms with Gasteiger partial charge in [0.05, 0.1) is 9.82 Å². The van der Waals surface area contributed by atoms with E-state index >= 15 is 0 Å². The Bertz CT molecular complexity index is 578. The van der Waals surface area contributed by atoms with E-state index < -0.39 is 15.0 Å². The molecule has 1 fully saturated rings. The van der Waals surface area contributed by atoms with E-state index in [4.69, 9.17) is 4.55 Å². The van der Waals surface area contributed by atoms with Crippen LogP contribution in [0.2, 0.25) is 0 Å². The zero-order valence-corrected chi connectivity index (χ0v) is 10.2. The van der Waals surface area contributed by atoms with Crippen molar-refractivity contribution in [1.82, 2.24) is 5.32 Å². The van der Waals surface area contributed by atoms with Gasteiger partial charge in [0.15, 0.2) is 0 Å². The van der Waals surface area contributed by atoms with Crippen LogP contribution in [-0.4, -0.2) is 31.0 Å². The molecule has 18 heavy (non-hydrogen) atoms. The molecular weight excluding hydrogens is 260 g/mol. The van der Waals surface area contributed by atoms with Crippen molar-refractivity contribution in [1.29, 1.82) is 0 Å². The standard InChI is InChI=1S/C10H12N2O5S/c13-12(14)8-1-2-10(18(15,16)17)9(5-8)7-3-4-11-6-7/h1-2,5,7,11H,3-4,6H2,(H,15,16,17). The van der Waals surface area contributed by atoms with Crippen molar-refractivity contribution in [3.63, 3.8) is 0 Å². The van der Waals surface area contributed by atoms with Crippen molar-refractivity contribution < 1.29 is 17.9 Å². The van der Waals surface area contributed by atoms with Crippen LogP contribution in [0.4, 0.5) is 5.69 Å². The summed E-state index contributed by atoms with van der Waals surface area (Å²) in [7, 11) is -4.36. The summed E-state index contributed by atoms with van der Waals surface area (Å²) in [6.45, 7) is 1.27. The van der Waals surface area contributed by atoms with Crippen LogP contribution in [0, 0.1) is 10.1 Å². The van der Waals surface area contributed by atoms with Gasteiger partial charge in [-0.05, 0) is 30.5 Å². The number of hydrogen-bond donors (Lipinski definition) is 2. The van der Waals surface area contributed by atoms with Gasteiger partial charge in [-0.1, -0.05) is 0 Å². The van der Waals surface area contributed by atoms with Crippen LogP contribution in [0.15, 0.2) is 23.1 Å². The molecule has 0 saturated carbocycles. The predicted octanol–water partition coefficient (Wildman–Crippen LogP) is 0.918. The Balaban J connectivity index is 2.56. The average molecular weight is 272 g/mol. The van der Waals surface area contributed by atoms with Gasteiger partial charge in [-0.3, -0.25) is 14.7 Å². The normalized spacial score (nSPS) is 19.9. The van der Waals surface area contributed by atoms with Crippen LogP contribution in [0.25, 0.3) is 0 Å².